The summed E-state index contributed by atoms with van der Waals surface area (Å²) in [5.74, 6) is -0.656. The Hall–Kier alpha value is -2.40. The number of nitrogens with one attached hydrogen (secondary N) is 2. The molecule has 0 radical (unpaired) electrons. The van der Waals surface area contributed by atoms with Gasteiger partial charge < -0.3 is 0 Å². The van der Waals surface area contributed by atoms with Gasteiger partial charge in [-0.3, -0.25) is 9.59 Å². The molecule has 2 N–H and O–H groups in total. The SMILES string of the molecule is Cc1ccc(S(=O)(=O)NC2CC(=O)CC(NS(=O)(=O)c3ccc(C)cc3)CC(=O)C2)cc1. The van der Waals surface area contributed by atoms with Crippen molar-refractivity contribution in [1.82, 2.24) is 9.44 Å². The molecule has 8 nitrogen and oxygen atoms in total. The number of carbonyl (C=O) groups excluding carboxylic acids is 2. The normalized spacial score (nSPS) is 20.6. The lowest BCUT2D eigenvalue weighted by Gasteiger charge is -2.24. The fourth-order valence-electron chi connectivity index (χ4n) is 3.59. The third-order valence-electron chi connectivity index (χ3n) is 5.20. The number of hydrogen-bond donors (Lipinski definition) is 2. The van der Waals surface area contributed by atoms with Gasteiger partial charge in [0, 0.05) is 37.8 Å². The molecule has 0 heterocycles. The summed E-state index contributed by atoms with van der Waals surface area (Å²) in [6, 6.07) is 10.7. The van der Waals surface area contributed by atoms with Crippen molar-refractivity contribution in [2.24, 2.45) is 0 Å². The van der Waals surface area contributed by atoms with Gasteiger partial charge in [-0.15, -0.1) is 0 Å². The van der Waals surface area contributed by atoms with Crippen molar-refractivity contribution in [3.05, 3.63) is 59.7 Å². The zero-order chi connectivity index (χ0) is 23.5. The van der Waals surface area contributed by atoms with Crippen LogP contribution in [0.15, 0.2) is 58.3 Å². The number of ketones is 2. The van der Waals surface area contributed by atoms with E-state index in [0.29, 0.717) is 0 Å². The van der Waals surface area contributed by atoms with Crippen LogP contribution in [0.25, 0.3) is 0 Å². The molecule has 0 unspecified atom stereocenters. The van der Waals surface area contributed by atoms with E-state index in [0.717, 1.165) is 11.1 Å². The molecule has 0 saturated heterocycles. The lowest BCUT2D eigenvalue weighted by Crippen LogP contribution is -2.44. The summed E-state index contributed by atoms with van der Waals surface area (Å²) in [6.45, 7) is 3.67. The van der Waals surface area contributed by atoms with Crippen LogP contribution in [0.1, 0.15) is 36.8 Å². The lowest BCUT2D eigenvalue weighted by molar-refractivity contribution is -0.123. The van der Waals surface area contributed by atoms with Gasteiger partial charge in [0.05, 0.1) is 9.79 Å². The number of aryl methyl sites for hydroxylation is 2. The summed E-state index contributed by atoms with van der Waals surface area (Å²) in [7, 11) is -7.80. The van der Waals surface area contributed by atoms with Gasteiger partial charge in [0.2, 0.25) is 20.0 Å². The van der Waals surface area contributed by atoms with Crippen molar-refractivity contribution in [3.63, 3.8) is 0 Å². The number of sulfonamides is 2. The summed E-state index contributed by atoms with van der Waals surface area (Å²) in [5.41, 5.74) is 1.80. The van der Waals surface area contributed by atoms with Crippen LogP contribution in [0, 0.1) is 13.8 Å². The monoisotopic (exact) mass is 478 g/mol. The Morgan fingerprint density at radius 2 is 0.875 bits per heavy atom. The fraction of sp³-hybridized carbons (Fsp3) is 0.364. The quantitative estimate of drug-likeness (QED) is 0.654. The summed E-state index contributed by atoms with van der Waals surface area (Å²) < 4.78 is 55.4. The van der Waals surface area contributed by atoms with E-state index in [1.54, 1.807) is 24.3 Å². The van der Waals surface area contributed by atoms with Crippen LogP contribution >= 0.6 is 0 Å². The topological polar surface area (TPSA) is 126 Å². The Labute approximate surface area is 188 Å². The zero-order valence-electron chi connectivity index (χ0n) is 17.9. The minimum atomic E-state index is -3.90. The highest BCUT2D eigenvalue weighted by Crippen LogP contribution is 2.19. The van der Waals surface area contributed by atoms with Crippen LogP contribution in [0.2, 0.25) is 0 Å². The van der Waals surface area contributed by atoms with Crippen molar-refractivity contribution in [2.45, 2.75) is 61.4 Å². The van der Waals surface area contributed by atoms with Crippen LogP contribution in [0.5, 0.6) is 0 Å². The van der Waals surface area contributed by atoms with Gasteiger partial charge >= 0.3 is 0 Å². The lowest BCUT2D eigenvalue weighted by atomic mass is 9.93. The molecule has 1 aliphatic carbocycles. The molecule has 172 valence electrons. The predicted molar refractivity (Wildman–Crippen MR) is 119 cm³/mol. The second-order valence-electron chi connectivity index (χ2n) is 8.16. The summed E-state index contributed by atoms with van der Waals surface area (Å²) in [5, 5.41) is 0. The standard InChI is InChI=1S/C22H26N2O6S2/c1-15-3-7-21(8-4-15)31(27,28)23-17-11-19(25)13-18(14-20(26)12-17)24-32(29,30)22-9-5-16(2)6-10-22/h3-10,17-18,23-24H,11-14H2,1-2H3. The smallest absolute Gasteiger partial charge is 0.240 e. The highest BCUT2D eigenvalue weighted by Gasteiger charge is 2.31. The molecule has 32 heavy (non-hydrogen) atoms. The van der Waals surface area contributed by atoms with E-state index < -0.39 is 32.1 Å². The number of rotatable bonds is 6. The van der Waals surface area contributed by atoms with Gasteiger partial charge in [0.1, 0.15) is 11.6 Å². The number of hydrogen-bond acceptors (Lipinski definition) is 6. The van der Waals surface area contributed by atoms with E-state index >= 15 is 0 Å². The predicted octanol–water partition coefficient (Wildman–Crippen LogP) is 2.01. The highest BCUT2D eigenvalue weighted by molar-refractivity contribution is 7.89. The molecule has 1 fully saturated rings. The molecule has 1 aliphatic rings. The van der Waals surface area contributed by atoms with E-state index in [4.69, 9.17) is 0 Å². The Balaban J connectivity index is 1.69. The molecule has 2 aromatic carbocycles. The molecular formula is C22H26N2O6S2. The Bertz CT molecular complexity index is 1090. The van der Waals surface area contributed by atoms with E-state index in [1.165, 1.54) is 24.3 Å². The van der Waals surface area contributed by atoms with Crippen molar-refractivity contribution in [1.29, 1.82) is 0 Å². The Morgan fingerprint density at radius 1 is 0.594 bits per heavy atom. The second kappa shape index (κ2) is 9.62. The Kier molecular flexibility index (Phi) is 7.29. The fourth-order valence-corrected chi connectivity index (χ4v) is 6.06. The third-order valence-corrected chi connectivity index (χ3v) is 8.28. The van der Waals surface area contributed by atoms with E-state index in [9.17, 15) is 26.4 Å². The first-order chi connectivity index (χ1) is 14.9. The third kappa shape index (κ3) is 6.32. The van der Waals surface area contributed by atoms with Crippen molar-refractivity contribution in [2.75, 3.05) is 0 Å². The molecule has 0 bridgehead atoms. The molecule has 0 aromatic heterocycles. The molecule has 2 aromatic rings. The number of benzene rings is 2. The average Bonchev–Trinajstić information content (AvgIpc) is 2.66. The van der Waals surface area contributed by atoms with Crippen LogP contribution in [-0.2, 0) is 29.6 Å². The Morgan fingerprint density at radius 3 is 1.16 bits per heavy atom. The molecule has 0 spiro atoms. The van der Waals surface area contributed by atoms with Crippen LogP contribution in [0.4, 0.5) is 0 Å². The van der Waals surface area contributed by atoms with Crippen LogP contribution in [0.3, 0.4) is 0 Å². The molecule has 0 amide bonds. The van der Waals surface area contributed by atoms with Crippen LogP contribution in [-0.4, -0.2) is 40.5 Å². The van der Waals surface area contributed by atoms with E-state index in [2.05, 4.69) is 9.44 Å². The first kappa shape index (κ1) is 24.2. The molecule has 0 atom stereocenters. The number of carbonyl (C=O) groups is 2. The minimum Gasteiger partial charge on any atom is -0.300 e. The number of Topliss-reactive ketones (excluding diaryl/α,β-unsaturated/α-hetero) is 2. The van der Waals surface area contributed by atoms with Gasteiger partial charge in [-0.25, -0.2) is 26.3 Å². The summed E-state index contributed by atoms with van der Waals surface area (Å²) in [4.78, 5) is 25.1. The van der Waals surface area contributed by atoms with Gasteiger partial charge in [-0.05, 0) is 38.1 Å². The minimum absolute atomic E-state index is 0.0498. The molecule has 0 aliphatic heterocycles. The van der Waals surface area contributed by atoms with Gasteiger partial charge in [0.25, 0.3) is 0 Å². The van der Waals surface area contributed by atoms with Crippen LogP contribution < -0.4 is 9.44 Å². The first-order valence-corrected chi connectivity index (χ1v) is 13.1. The maximum Gasteiger partial charge on any atom is 0.240 e. The van der Waals surface area contributed by atoms with Crippen molar-refractivity contribution < 1.29 is 26.4 Å². The largest absolute Gasteiger partial charge is 0.300 e. The molecule has 10 heteroatoms. The molecular weight excluding hydrogens is 452 g/mol. The summed E-state index contributed by atoms with van der Waals surface area (Å²) >= 11 is 0. The van der Waals surface area contributed by atoms with E-state index in [-0.39, 0.29) is 47.0 Å². The maximum atomic E-state index is 12.6. The van der Waals surface area contributed by atoms with Gasteiger partial charge in [-0.2, -0.15) is 0 Å². The van der Waals surface area contributed by atoms with E-state index in [1.807, 2.05) is 13.8 Å². The molecule has 3 rings (SSSR count). The average molecular weight is 479 g/mol. The maximum absolute atomic E-state index is 12.6. The summed E-state index contributed by atoms with van der Waals surface area (Å²) in [6.07, 6.45) is -0.779. The van der Waals surface area contributed by atoms with Gasteiger partial charge in [-0.1, -0.05) is 35.4 Å². The van der Waals surface area contributed by atoms with Crippen molar-refractivity contribution in [3.8, 4) is 0 Å². The zero-order valence-corrected chi connectivity index (χ0v) is 19.5. The molecule has 1 saturated carbocycles. The highest BCUT2D eigenvalue weighted by atomic mass is 32.2. The first-order valence-electron chi connectivity index (χ1n) is 10.2. The van der Waals surface area contributed by atoms with Crippen molar-refractivity contribution >= 4 is 31.6 Å². The van der Waals surface area contributed by atoms with Gasteiger partial charge in [0.15, 0.2) is 0 Å². The second-order valence-corrected chi connectivity index (χ2v) is 11.6.